The van der Waals surface area contributed by atoms with E-state index in [-0.39, 0.29) is 11.9 Å². The quantitative estimate of drug-likeness (QED) is 0.552. The Morgan fingerprint density at radius 3 is 2.36 bits per heavy atom. The van der Waals surface area contributed by atoms with E-state index in [0.29, 0.717) is 12.8 Å². The number of tetrazole rings is 1. The Kier molecular flexibility index (Phi) is 6.11. The van der Waals surface area contributed by atoms with Crippen LogP contribution in [0.15, 0.2) is 54.6 Å². The molecule has 8 nitrogen and oxygen atoms in total. The lowest BCUT2D eigenvalue weighted by molar-refractivity contribution is -0.141. The van der Waals surface area contributed by atoms with Gasteiger partial charge < -0.3 is 10.4 Å². The molecule has 0 radical (unpaired) electrons. The number of amides is 1. The number of nitrogens with one attached hydrogen (secondary N) is 2. The van der Waals surface area contributed by atoms with E-state index in [1.54, 1.807) is 6.92 Å². The van der Waals surface area contributed by atoms with E-state index in [1.165, 1.54) is 0 Å². The fraction of sp³-hybridized carbons (Fsp3) is 0.250. The number of carboxylic acids is 1. The molecule has 2 atom stereocenters. The van der Waals surface area contributed by atoms with Crippen LogP contribution < -0.4 is 5.32 Å². The van der Waals surface area contributed by atoms with Crippen molar-refractivity contribution in [2.45, 2.75) is 25.8 Å². The smallest absolute Gasteiger partial charge is 0.306 e. The van der Waals surface area contributed by atoms with Crippen molar-refractivity contribution >= 4 is 11.9 Å². The molecule has 0 aliphatic rings. The molecule has 0 aliphatic carbocycles. The molecule has 1 heterocycles. The van der Waals surface area contributed by atoms with Gasteiger partial charge in [0.1, 0.15) is 0 Å². The van der Waals surface area contributed by atoms with E-state index < -0.39 is 17.8 Å². The number of carbonyl (C=O) groups is 2. The first-order valence-corrected chi connectivity index (χ1v) is 8.94. The minimum Gasteiger partial charge on any atom is -0.481 e. The number of rotatable bonds is 8. The summed E-state index contributed by atoms with van der Waals surface area (Å²) < 4.78 is 0. The van der Waals surface area contributed by atoms with Gasteiger partial charge in [0.25, 0.3) is 5.91 Å². The Balaban J connectivity index is 1.72. The van der Waals surface area contributed by atoms with Crippen LogP contribution in [0.25, 0.3) is 11.1 Å². The predicted octanol–water partition coefficient (Wildman–Crippen LogP) is 2.32. The van der Waals surface area contributed by atoms with Crippen LogP contribution in [0.1, 0.15) is 29.5 Å². The topological polar surface area (TPSA) is 121 Å². The number of carbonyl (C=O) groups excluding carboxylic acids is 1. The van der Waals surface area contributed by atoms with E-state index in [1.807, 2.05) is 54.6 Å². The SMILES string of the molecule is CC(C[C@@H](Cc1ccc(-c2ccccc2)cc1)NC(=O)c1nnn[nH]1)C(=O)O. The van der Waals surface area contributed by atoms with Crippen molar-refractivity contribution in [3.8, 4) is 11.1 Å². The number of benzene rings is 2. The highest BCUT2D eigenvalue weighted by Gasteiger charge is 2.22. The molecule has 1 amide bonds. The van der Waals surface area contributed by atoms with E-state index >= 15 is 0 Å². The van der Waals surface area contributed by atoms with Gasteiger partial charge in [0, 0.05) is 6.04 Å². The summed E-state index contributed by atoms with van der Waals surface area (Å²) in [4.78, 5) is 23.5. The average molecular weight is 379 g/mol. The molecule has 144 valence electrons. The number of H-pyrrole nitrogens is 1. The molecule has 0 bridgehead atoms. The monoisotopic (exact) mass is 379 g/mol. The van der Waals surface area contributed by atoms with Crippen LogP contribution in [0.4, 0.5) is 0 Å². The first kappa shape index (κ1) is 19.2. The van der Waals surface area contributed by atoms with E-state index in [9.17, 15) is 14.7 Å². The van der Waals surface area contributed by atoms with Gasteiger partial charge in [-0.05, 0) is 40.0 Å². The van der Waals surface area contributed by atoms with Gasteiger partial charge in [-0.1, -0.05) is 61.5 Å². The number of carboxylic acid groups (broad SMARTS) is 1. The highest BCUT2D eigenvalue weighted by molar-refractivity contribution is 5.90. The molecule has 28 heavy (non-hydrogen) atoms. The molecule has 3 aromatic rings. The van der Waals surface area contributed by atoms with Crippen molar-refractivity contribution in [2.75, 3.05) is 0 Å². The van der Waals surface area contributed by atoms with Crippen LogP contribution in [0.2, 0.25) is 0 Å². The molecule has 0 saturated heterocycles. The Hall–Kier alpha value is -3.55. The number of hydrogen-bond acceptors (Lipinski definition) is 5. The van der Waals surface area contributed by atoms with Crippen molar-refractivity contribution in [3.63, 3.8) is 0 Å². The lowest BCUT2D eigenvalue weighted by atomic mass is 9.95. The lowest BCUT2D eigenvalue weighted by Gasteiger charge is -2.20. The Labute approximate surface area is 162 Å². The molecule has 0 spiro atoms. The number of aromatic nitrogens is 4. The fourth-order valence-corrected chi connectivity index (χ4v) is 2.98. The second-order valence-electron chi connectivity index (χ2n) is 6.66. The van der Waals surface area contributed by atoms with Crippen molar-refractivity contribution in [3.05, 3.63) is 66.0 Å². The van der Waals surface area contributed by atoms with Crippen LogP contribution in [-0.2, 0) is 11.2 Å². The summed E-state index contributed by atoms with van der Waals surface area (Å²) in [5.74, 6) is -1.97. The summed E-state index contributed by atoms with van der Waals surface area (Å²) in [6.07, 6.45) is 0.795. The molecule has 3 rings (SSSR count). The summed E-state index contributed by atoms with van der Waals surface area (Å²) in [7, 11) is 0. The highest BCUT2D eigenvalue weighted by Crippen LogP contribution is 2.20. The van der Waals surface area contributed by atoms with Crippen molar-refractivity contribution < 1.29 is 14.7 Å². The minimum atomic E-state index is -0.903. The molecule has 3 N–H and O–H groups in total. The molecule has 0 fully saturated rings. The second kappa shape index (κ2) is 8.90. The maximum absolute atomic E-state index is 12.3. The van der Waals surface area contributed by atoms with Gasteiger partial charge in [-0.25, -0.2) is 5.10 Å². The van der Waals surface area contributed by atoms with Crippen LogP contribution in [0.5, 0.6) is 0 Å². The Morgan fingerprint density at radius 2 is 1.75 bits per heavy atom. The van der Waals surface area contributed by atoms with Gasteiger partial charge in [0.15, 0.2) is 0 Å². The van der Waals surface area contributed by atoms with Crippen LogP contribution in [0, 0.1) is 5.92 Å². The van der Waals surface area contributed by atoms with Gasteiger partial charge in [-0.15, -0.1) is 5.10 Å². The number of nitrogens with zero attached hydrogens (tertiary/aromatic N) is 3. The van der Waals surface area contributed by atoms with Crippen molar-refractivity contribution in [1.29, 1.82) is 0 Å². The molecule has 1 aromatic heterocycles. The Morgan fingerprint density at radius 1 is 1.07 bits per heavy atom. The highest BCUT2D eigenvalue weighted by atomic mass is 16.4. The van der Waals surface area contributed by atoms with Crippen LogP contribution in [0.3, 0.4) is 0 Å². The fourth-order valence-electron chi connectivity index (χ4n) is 2.98. The molecule has 0 saturated carbocycles. The second-order valence-corrected chi connectivity index (χ2v) is 6.66. The minimum absolute atomic E-state index is 0.00703. The van der Waals surface area contributed by atoms with E-state index in [0.717, 1.165) is 16.7 Å². The Bertz CT molecular complexity index is 911. The summed E-state index contributed by atoms with van der Waals surface area (Å²) in [6.45, 7) is 1.62. The van der Waals surface area contributed by atoms with Gasteiger partial charge in [0.2, 0.25) is 5.82 Å². The molecular weight excluding hydrogens is 358 g/mol. The number of hydrogen-bond donors (Lipinski definition) is 3. The summed E-state index contributed by atoms with van der Waals surface area (Å²) in [5, 5.41) is 24.8. The normalized spacial score (nSPS) is 12.9. The third-order valence-electron chi connectivity index (χ3n) is 4.50. The zero-order valence-electron chi connectivity index (χ0n) is 15.4. The molecule has 0 aliphatic heterocycles. The molecule has 2 aromatic carbocycles. The van der Waals surface area contributed by atoms with Crippen molar-refractivity contribution in [2.24, 2.45) is 5.92 Å². The maximum Gasteiger partial charge on any atom is 0.306 e. The first-order valence-electron chi connectivity index (χ1n) is 8.94. The van der Waals surface area contributed by atoms with Gasteiger partial charge >= 0.3 is 5.97 Å². The number of aromatic amines is 1. The lowest BCUT2D eigenvalue weighted by Crippen LogP contribution is -2.39. The molecular formula is C20H21N5O3. The summed E-state index contributed by atoms with van der Waals surface area (Å²) in [6, 6.07) is 17.7. The third kappa shape index (κ3) is 5.00. The largest absolute Gasteiger partial charge is 0.481 e. The summed E-state index contributed by atoms with van der Waals surface area (Å²) >= 11 is 0. The standard InChI is InChI=1S/C20H21N5O3/c1-13(20(27)28)11-17(21-19(26)18-22-24-25-23-18)12-14-7-9-16(10-8-14)15-5-3-2-4-6-15/h2-10,13,17H,11-12H2,1H3,(H,21,26)(H,27,28)(H,22,23,24,25)/t13?,17-/m0/s1. The number of aliphatic carboxylic acids is 1. The zero-order valence-corrected chi connectivity index (χ0v) is 15.4. The summed E-state index contributed by atoms with van der Waals surface area (Å²) in [5.41, 5.74) is 3.21. The van der Waals surface area contributed by atoms with Crippen LogP contribution >= 0.6 is 0 Å². The third-order valence-corrected chi connectivity index (χ3v) is 4.50. The van der Waals surface area contributed by atoms with Gasteiger partial charge in [-0.3, -0.25) is 9.59 Å². The van der Waals surface area contributed by atoms with Gasteiger partial charge in [-0.2, -0.15) is 0 Å². The maximum atomic E-state index is 12.3. The van der Waals surface area contributed by atoms with Crippen LogP contribution in [-0.4, -0.2) is 43.6 Å². The zero-order chi connectivity index (χ0) is 19.9. The van der Waals surface area contributed by atoms with E-state index in [4.69, 9.17) is 0 Å². The van der Waals surface area contributed by atoms with Gasteiger partial charge in [0.05, 0.1) is 5.92 Å². The molecule has 1 unspecified atom stereocenters. The van der Waals surface area contributed by atoms with Crippen molar-refractivity contribution in [1.82, 2.24) is 25.9 Å². The average Bonchev–Trinajstić information content (AvgIpc) is 3.24. The predicted molar refractivity (Wildman–Crippen MR) is 102 cm³/mol. The molecule has 8 heteroatoms. The van der Waals surface area contributed by atoms with E-state index in [2.05, 4.69) is 25.9 Å². The first-order chi connectivity index (χ1) is 13.5.